The highest BCUT2D eigenvalue weighted by atomic mass is 35.5. The summed E-state index contributed by atoms with van der Waals surface area (Å²) in [5.74, 6) is 1.12. The van der Waals surface area contributed by atoms with Crippen LogP contribution in [-0.2, 0) is 4.79 Å². The van der Waals surface area contributed by atoms with E-state index in [2.05, 4.69) is 22.8 Å². The highest BCUT2D eigenvalue weighted by Gasteiger charge is 2.58. The van der Waals surface area contributed by atoms with Crippen molar-refractivity contribution in [3.8, 4) is 0 Å². The van der Waals surface area contributed by atoms with Crippen LogP contribution in [0.2, 0.25) is 5.02 Å². The lowest BCUT2D eigenvalue weighted by molar-refractivity contribution is -0.124. The Bertz CT molecular complexity index is 565. The first-order valence-corrected chi connectivity index (χ1v) is 8.82. The normalized spacial score (nSPS) is 26.2. The number of carbonyl (C=O) groups excluding carboxylic acids is 1. The van der Waals surface area contributed by atoms with E-state index in [-0.39, 0.29) is 30.3 Å². The van der Waals surface area contributed by atoms with Crippen molar-refractivity contribution in [2.75, 3.05) is 13.1 Å². The van der Waals surface area contributed by atoms with Crippen LogP contribution in [0.4, 0.5) is 0 Å². The van der Waals surface area contributed by atoms with Crippen LogP contribution in [0.1, 0.15) is 43.7 Å². The van der Waals surface area contributed by atoms with E-state index in [0.29, 0.717) is 11.3 Å². The van der Waals surface area contributed by atoms with E-state index < -0.39 is 0 Å². The fourth-order valence-corrected chi connectivity index (χ4v) is 4.15. The van der Waals surface area contributed by atoms with Gasteiger partial charge < -0.3 is 10.6 Å². The molecule has 4 rings (SSSR count). The Balaban J connectivity index is 0.00000156. The third kappa shape index (κ3) is 3.52. The van der Waals surface area contributed by atoms with Gasteiger partial charge in [0, 0.05) is 10.9 Å². The SMILES string of the molecule is Cl.O=C(NC(c1ccc(Cl)cc1)C1CC1)C1CC12CCNCC2. The van der Waals surface area contributed by atoms with Crippen molar-refractivity contribution in [2.45, 2.75) is 38.1 Å². The third-order valence-corrected chi connectivity index (χ3v) is 5.98. The van der Waals surface area contributed by atoms with Crippen LogP contribution in [0.5, 0.6) is 0 Å². The van der Waals surface area contributed by atoms with E-state index in [1.807, 2.05) is 12.1 Å². The molecule has 5 heteroatoms. The molecule has 2 N–H and O–H groups in total. The standard InChI is InChI=1S/C18H23ClN2O.ClH/c19-14-5-3-13(4-6-14)16(12-1-2-12)21-17(22)15-11-18(15)7-9-20-10-8-18;/h3-6,12,15-16,20H,1-2,7-11H2,(H,21,22);1H. The van der Waals surface area contributed by atoms with Gasteiger partial charge in [0.2, 0.25) is 5.91 Å². The van der Waals surface area contributed by atoms with Crippen LogP contribution in [-0.4, -0.2) is 19.0 Å². The first-order chi connectivity index (χ1) is 10.7. The summed E-state index contributed by atoms with van der Waals surface area (Å²) >= 11 is 5.98. The molecule has 0 radical (unpaired) electrons. The average molecular weight is 355 g/mol. The average Bonchev–Trinajstić information content (AvgIpc) is 3.44. The second kappa shape index (κ2) is 6.62. The van der Waals surface area contributed by atoms with E-state index in [4.69, 9.17) is 11.6 Å². The maximum atomic E-state index is 12.7. The van der Waals surface area contributed by atoms with Crippen molar-refractivity contribution >= 4 is 29.9 Å². The van der Waals surface area contributed by atoms with Gasteiger partial charge in [-0.2, -0.15) is 0 Å². The zero-order chi connectivity index (χ0) is 15.2. The molecular formula is C18H24Cl2N2O. The largest absolute Gasteiger partial charge is 0.349 e. The fraction of sp³-hybridized carbons (Fsp3) is 0.611. The lowest BCUT2D eigenvalue weighted by Crippen LogP contribution is -2.35. The second-order valence-electron chi connectivity index (χ2n) is 7.24. The molecule has 3 aliphatic rings. The second-order valence-corrected chi connectivity index (χ2v) is 7.68. The fourth-order valence-electron chi connectivity index (χ4n) is 4.02. The Morgan fingerprint density at radius 2 is 1.87 bits per heavy atom. The zero-order valence-electron chi connectivity index (χ0n) is 13.2. The van der Waals surface area contributed by atoms with Gasteiger partial charge in [0.1, 0.15) is 0 Å². The van der Waals surface area contributed by atoms with Gasteiger partial charge in [-0.25, -0.2) is 0 Å². The summed E-state index contributed by atoms with van der Waals surface area (Å²) in [6, 6.07) is 8.12. The summed E-state index contributed by atoms with van der Waals surface area (Å²) < 4.78 is 0. The molecule has 2 aliphatic carbocycles. The molecular weight excluding hydrogens is 331 g/mol. The molecule has 2 saturated carbocycles. The quantitative estimate of drug-likeness (QED) is 0.864. The van der Waals surface area contributed by atoms with Crippen LogP contribution in [0.3, 0.4) is 0 Å². The Kier molecular flexibility index (Phi) is 4.91. The molecule has 1 spiro atoms. The van der Waals surface area contributed by atoms with Gasteiger partial charge in [0.15, 0.2) is 0 Å². The predicted octanol–water partition coefficient (Wildman–Crippen LogP) is 3.72. The summed E-state index contributed by atoms with van der Waals surface area (Å²) in [6.45, 7) is 2.13. The Morgan fingerprint density at radius 1 is 1.22 bits per heavy atom. The zero-order valence-corrected chi connectivity index (χ0v) is 14.8. The number of halogens is 2. The van der Waals surface area contributed by atoms with Gasteiger partial charge in [0.25, 0.3) is 0 Å². The number of benzene rings is 1. The number of amides is 1. The lowest BCUT2D eigenvalue weighted by atomic mass is 9.91. The molecule has 3 fully saturated rings. The van der Waals surface area contributed by atoms with Gasteiger partial charge in [-0.15, -0.1) is 12.4 Å². The molecule has 1 amide bonds. The van der Waals surface area contributed by atoms with E-state index in [1.54, 1.807) is 0 Å². The van der Waals surface area contributed by atoms with Gasteiger partial charge in [-0.1, -0.05) is 23.7 Å². The number of nitrogens with one attached hydrogen (secondary N) is 2. The van der Waals surface area contributed by atoms with Crippen LogP contribution in [0, 0.1) is 17.3 Å². The monoisotopic (exact) mass is 354 g/mol. The summed E-state index contributed by atoms with van der Waals surface area (Å²) in [4.78, 5) is 12.7. The lowest BCUT2D eigenvalue weighted by Gasteiger charge is -2.24. The maximum Gasteiger partial charge on any atom is 0.224 e. The minimum Gasteiger partial charge on any atom is -0.349 e. The Labute approximate surface area is 149 Å². The molecule has 1 aromatic rings. The van der Waals surface area contributed by atoms with E-state index in [1.165, 1.54) is 18.4 Å². The topological polar surface area (TPSA) is 41.1 Å². The van der Waals surface area contributed by atoms with Gasteiger partial charge in [0.05, 0.1) is 6.04 Å². The third-order valence-electron chi connectivity index (χ3n) is 5.73. The highest BCUT2D eigenvalue weighted by Crippen LogP contribution is 2.59. The van der Waals surface area contributed by atoms with E-state index in [0.717, 1.165) is 37.4 Å². The molecule has 126 valence electrons. The Morgan fingerprint density at radius 3 is 2.48 bits per heavy atom. The molecule has 1 heterocycles. The van der Waals surface area contributed by atoms with Gasteiger partial charge >= 0.3 is 0 Å². The van der Waals surface area contributed by atoms with Crippen LogP contribution in [0.25, 0.3) is 0 Å². The molecule has 3 nitrogen and oxygen atoms in total. The minimum atomic E-state index is 0. The first-order valence-electron chi connectivity index (χ1n) is 8.45. The smallest absolute Gasteiger partial charge is 0.224 e. The highest BCUT2D eigenvalue weighted by molar-refractivity contribution is 6.30. The van der Waals surface area contributed by atoms with Crippen LogP contribution >= 0.6 is 24.0 Å². The van der Waals surface area contributed by atoms with Crippen molar-refractivity contribution in [1.29, 1.82) is 0 Å². The molecule has 1 saturated heterocycles. The van der Waals surface area contributed by atoms with Crippen molar-refractivity contribution in [3.63, 3.8) is 0 Å². The molecule has 1 aliphatic heterocycles. The predicted molar refractivity (Wildman–Crippen MR) is 95.0 cm³/mol. The van der Waals surface area contributed by atoms with Crippen molar-refractivity contribution < 1.29 is 4.79 Å². The van der Waals surface area contributed by atoms with Crippen molar-refractivity contribution in [3.05, 3.63) is 34.9 Å². The number of hydrogen-bond acceptors (Lipinski definition) is 2. The number of carbonyl (C=O) groups is 1. The summed E-state index contributed by atoms with van der Waals surface area (Å²) in [5.41, 5.74) is 1.50. The molecule has 23 heavy (non-hydrogen) atoms. The summed E-state index contributed by atoms with van der Waals surface area (Å²) in [7, 11) is 0. The van der Waals surface area contributed by atoms with Gasteiger partial charge in [-0.3, -0.25) is 4.79 Å². The molecule has 2 unspecified atom stereocenters. The minimum absolute atomic E-state index is 0. The van der Waals surface area contributed by atoms with Crippen molar-refractivity contribution in [1.82, 2.24) is 10.6 Å². The van der Waals surface area contributed by atoms with E-state index >= 15 is 0 Å². The van der Waals surface area contributed by atoms with Gasteiger partial charge in [-0.05, 0) is 74.2 Å². The summed E-state index contributed by atoms with van der Waals surface area (Å²) in [5, 5.41) is 7.49. The Hall–Kier alpha value is -0.770. The molecule has 0 bridgehead atoms. The maximum absolute atomic E-state index is 12.7. The first kappa shape index (κ1) is 17.1. The number of rotatable bonds is 4. The molecule has 2 atom stereocenters. The molecule has 1 aromatic carbocycles. The molecule has 0 aromatic heterocycles. The number of piperidine rings is 1. The van der Waals surface area contributed by atoms with Crippen LogP contribution < -0.4 is 10.6 Å². The van der Waals surface area contributed by atoms with Crippen molar-refractivity contribution in [2.24, 2.45) is 17.3 Å². The van der Waals surface area contributed by atoms with E-state index in [9.17, 15) is 4.79 Å². The number of hydrogen-bond donors (Lipinski definition) is 2. The van der Waals surface area contributed by atoms with Crippen LogP contribution in [0.15, 0.2) is 24.3 Å². The summed E-state index contributed by atoms with van der Waals surface area (Å²) in [6.07, 6.45) is 5.82.